The Morgan fingerprint density at radius 3 is 2.52 bits per heavy atom. The van der Waals surface area contributed by atoms with Crippen LogP contribution in [0.4, 0.5) is 0 Å². The predicted molar refractivity (Wildman–Crippen MR) is 90.1 cm³/mol. The zero-order chi connectivity index (χ0) is 18.1. The van der Waals surface area contributed by atoms with Gasteiger partial charge in [0.25, 0.3) is 17.4 Å². The van der Waals surface area contributed by atoms with E-state index in [2.05, 4.69) is 25.7 Å². The topological polar surface area (TPSA) is 114 Å². The Morgan fingerprint density at radius 2 is 1.96 bits per heavy atom. The molecule has 0 aromatic carbocycles. The molecule has 2 aromatic heterocycles. The zero-order valence-corrected chi connectivity index (χ0v) is 14.8. The lowest BCUT2D eigenvalue weighted by molar-refractivity contribution is 0.0818. The molecule has 0 atom stereocenters. The van der Waals surface area contributed by atoms with Gasteiger partial charge in [0.05, 0.1) is 0 Å². The monoisotopic (exact) mass is 345 g/mol. The molecule has 2 N–H and O–H groups in total. The van der Waals surface area contributed by atoms with Crippen molar-refractivity contribution in [2.75, 3.05) is 0 Å². The van der Waals surface area contributed by atoms with Gasteiger partial charge >= 0.3 is 0 Å². The maximum atomic E-state index is 12.6. The van der Waals surface area contributed by atoms with Crippen LogP contribution in [-0.4, -0.2) is 26.2 Å². The average Bonchev–Trinajstić information content (AvgIpc) is 3.07. The highest BCUT2D eigenvalue weighted by Crippen LogP contribution is 2.37. The first kappa shape index (κ1) is 17.3. The standard InChI is InChI=1S/C17H23N5O3/c1-16(2,3)14-18-15(25-22-14)17(9-5-4-6-10-17)19-13(24)11-7-8-12(23)21-20-11/h7-8H,4-6,9-10H2,1-3H3,(H,19,24)(H,21,23). The Morgan fingerprint density at radius 1 is 1.24 bits per heavy atom. The van der Waals surface area contributed by atoms with Gasteiger partial charge in [-0.05, 0) is 18.9 Å². The second kappa shape index (κ2) is 6.42. The van der Waals surface area contributed by atoms with Crippen molar-refractivity contribution >= 4 is 5.91 Å². The van der Waals surface area contributed by atoms with Gasteiger partial charge in [-0.25, -0.2) is 5.10 Å². The molecule has 8 heteroatoms. The number of nitrogens with zero attached hydrogens (tertiary/aromatic N) is 3. The fraction of sp³-hybridized carbons (Fsp3) is 0.588. The maximum absolute atomic E-state index is 12.6. The van der Waals surface area contributed by atoms with Crippen molar-refractivity contribution in [1.29, 1.82) is 0 Å². The van der Waals surface area contributed by atoms with E-state index < -0.39 is 5.54 Å². The molecular formula is C17H23N5O3. The summed E-state index contributed by atoms with van der Waals surface area (Å²) in [4.78, 5) is 28.3. The van der Waals surface area contributed by atoms with E-state index in [9.17, 15) is 9.59 Å². The molecule has 2 aromatic rings. The van der Waals surface area contributed by atoms with Crippen molar-refractivity contribution in [1.82, 2.24) is 25.7 Å². The minimum atomic E-state index is -0.691. The molecule has 0 saturated heterocycles. The number of carbonyl (C=O) groups is 1. The summed E-state index contributed by atoms with van der Waals surface area (Å²) in [6.45, 7) is 6.04. The molecule has 8 nitrogen and oxygen atoms in total. The fourth-order valence-electron chi connectivity index (χ4n) is 3.02. The molecule has 0 radical (unpaired) electrons. The highest BCUT2D eigenvalue weighted by atomic mass is 16.5. The molecule has 134 valence electrons. The Hall–Kier alpha value is -2.51. The van der Waals surface area contributed by atoms with Crippen molar-refractivity contribution in [3.05, 3.63) is 39.9 Å². The quantitative estimate of drug-likeness (QED) is 0.880. The van der Waals surface area contributed by atoms with Gasteiger partial charge in [-0.3, -0.25) is 9.59 Å². The number of H-pyrrole nitrogens is 1. The van der Waals surface area contributed by atoms with E-state index in [1.807, 2.05) is 20.8 Å². The molecular weight excluding hydrogens is 322 g/mol. The summed E-state index contributed by atoms with van der Waals surface area (Å²) in [5.74, 6) is 0.687. The number of nitrogens with one attached hydrogen (secondary N) is 2. The van der Waals surface area contributed by atoms with Crippen LogP contribution in [0, 0.1) is 0 Å². The Bertz CT molecular complexity index is 792. The molecule has 25 heavy (non-hydrogen) atoms. The van der Waals surface area contributed by atoms with Crippen molar-refractivity contribution < 1.29 is 9.32 Å². The van der Waals surface area contributed by atoms with Gasteiger partial charge in [0.1, 0.15) is 11.2 Å². The highest BCUT2D eigenvalue weighted by Gasteiger charge is 2.41. The molecule has 0 bridgehead atoms. The predicted octanol–water partition coefficient (Wildman–Crippen LogP) is 2.04. The van der Waals surface area contributed by atoms with Crippen LogP contribution >= 0.6 is 0 Å². The molecule has 2 heterocycles. The highest BCUT2D eigenvalue weighted by molar-refractivity contribution is 5.92. The van der Waals surface area contributed by atoms with Crippen LogP contribution in [-0.2, 0) is 11.0 Å². The van der Waals surface area contributed by atoms with Gasteiger partial charge in [0.2, 0.25) is 0 Å². The lowest BCUT2D eigenvalue weighted by Crippen LogP contribution is -2.48. The molecule has 1 saturated carbocycles. The summed E-state index contributed by atoms with van der Waals surface area (Å²) in [6, 6.07) is 2.68. The van der Waals surface area contributed by atoms with Crippen molar-refractivity contribution in [2.45, 2.75) is 63.8 Å². The number of aromatic amines is 1. The van der Waals surface area contributed by atoms with E-state index in [0.29, 0.717) is 11.7 Å². The SMILES string of the molecule is CC(C)(C)c1noc(C2(NC(=O)c3ccc(=O)[nH]n3)CCCCC2)n1. The Kier molecular flexibility index (Phi) is 4.45. The summed E-state index contributed by atoms with van der Waals surface area (Å²) in [7, 11) is 0. The number of hydrogen-bond acceptors (Lipinski definition) is 6. The summed E-state index contributed by atoms with van der Waals surface area (Å²) >= 11 is 0. The van der Waals surface area contributed by atoms with Gasteiger partial charge < -0.3 is 9.84 Å². The largest absolute Gasteiger partial charge is 0.337 e. The second-order valence-electron chi connectivity index (χ2n) is 7.58. The second-order valence-corrected chi connectivity index (χ2v) is 7.58. The molecule has 0 spiro atoms. The zero-order valence-electron chi connectivity index (χ0n) is 14.8. The summed E-state index contributed by atoms with van der Waals surface area (Å²) < 4.78 is 5.54. The summed E-state index contributed by atoms with van der Waals surface area (Å²) in [5, 5.41) is 13.2. The third kappa shape index (κ3) is 3.62. The number of rotatable bonds is 3. The van der Waals surface area contributed by atoms with Gasteiger partial charge in [0.15, 0.2) is 5.82 Å². The summed E-state index contributed by atoms with van der Waals surface area (Å²) in [5.41, 5.74) is -1.12. The normalized spacial score (nSPS) is 17.2. The molecule has 1 aliphatic carbocycles. The lowest BCUT2D eigenvalue weighted by atomic mass is 9.81. The van der Waals surface area contributed by atoms with Crippen LogP contribution < -0.4 is 10.9 Å². The van der Waals surface area contributed by atoms with Gasteiger partial charge in [-0.1, -0.05) is 45.2 Å². The van der Waals surface area contributed by atoms with Gasteiger partial charge in [0, 0.05) is 11.5 Å². The first-order valence-corrected chi connectivity index (χ1v) is 8.53. The van der Waals surface area contributed by atoms with E-state index >= 15 is 0 Å². The van der Waals surface area contributed by atoms with Crippen molar-refractivity contribution in [2.24, 2.45) is 0 Å². The minimum absolute atomic E-state index is 0.153. The van der Waals surface area contributed by atoms with E-state index in [0.717, 1.165) is 32.1 Å². The first-order valence-electron chi connectivity index (χ1n) is 8.53. The molecule has 1 fully saturated rings. The average molecular weight is 345 g/mol. The maximum Gasteiger partial charge on any atom is 0.272 e. The third-order valence-corrected chi connectivity index (χ3v) is 4.48. The van der Waals surface area contributed by atoms with Crippen LogP contribution in [0.15, 0.2) is 21.5 Å². The van der Waals surface area contributed by atoms with Crippen LogP contribution in [0.25, 0.3) is 0 Å². The van der Waals surface area contributed by atoms with E-state index in [4.69, 9.17) is 4.52 Å². The van der Waals surface area contributed by atoms with Crippen LogP contribution in [0.5, 0.6) is 0 Å². The van der Waals surface area contributed by atoms with Crippen molar-refractivity contribution in [3.8, 4) is 0 Å². The number of carbonyl (C=O) groups excluding carboxylic acids is 1. The fourth-order valence-corrected chi connectivity index (χ4v) is 3.02. The minimum Gasteiger partial charge on any atom is -0.337 e. The van der Waals surface area contributed by atoms with Crippen LogP contribution in [0.1, 0.15) is 75.1 Å². The number of aromatic nitrogens is 4. The van der Waals surface area contributed by atoms with Crippen LogP contribution in [0.3, 0.4) is 0 Å². The van der Waals surface area contributed by atoms with E-state index in [1.165, 1.54) is 12.1 Å². The van der Waals surface area contributed by atoms with Crippen molar-refractivity contribution in [3.63, 3.8) is 0 Å². The Balaban J connectivity index is 1.91. The van der Waals surface area contributed by atoms with Gasteiger partial charge in [-0.2, -0.15) is 10.1 Å². The number of hydrogen-bond donors (Lipinski definition) is 2. The molecule has 1 aliphatic rings. The molecule has 0 unspecified atom stereocenters. The van der Waals surface area contributed by atoms with Crippen LogP contribution in [0.2, 0.25) is 0 Å². The lowest BCUT2D eigenvalue weighted by Gasteiger charge is -2.34. The van der Waals surface area contributed by atoms with E-state index in [-0.39, 0.29) is 22.6 Å². The molecule has 1 amide bonds. The third-order valence-electron chi connectivity index (χ3n) is 4.48. The first-order chi connectivity index (χ1) is 11.8. The number of amides is 1. The summed E-state index contributed by atoms with van der Waals surface area (Å²) in [6.07, 6.45) is 4.50. The smallest absolute Gasteiger partial charge is 0.272 e. The van der Waals surface area contributed by atoms with E-state index in [1.54, 1.807) is 0 Å². The molecule has 3 rings (SSSR count). The molecule has 0 aliphatic heterocycles. The Labute approximate surface area is 145 Å². The van der Waals surface area contributed by atoms with Gasteiger partial charge in [-0.15, -0.1) is 0 Å².